The Morgan fingerprint density at radius 1 is 1.50 bits per heavy atom. The number of rotatable bonds is 6. The highest BCUT2D eigenvalue weighted by molar-refractivity contribution is 7.99. The SMILES string of the molecule is CCSCCN1CCCC(CNC)C1. The molecule has 0 spiro atoms. The van der Waals surface area contributed by atoms with Crippen molar-refractivity contribution in [2.75, 3.05) is 44.7 Å². The van der Waals surface area contributed by atoms with Crippen molar-refractivity contribution in [3.63, 3.8) is 0 Å². The highest BCUT2D eigenvalue weighted by Gasteiger charge is 2.18. The van der Waals surface area contributed by atoms with E-state index in [1.54, 1.807) is 0 Å². The molecule has 1 heterocycles. The molecule has 0 aliphatic carbocycles. The fraction of sp³-hybridized carbons (Fsp3) is 1.00. The molecule has 0 radical (unpaired) electrons. The Balaban J connectivity index is 2.12. The van der Waals surface area contributed by atoms with Crippen LogP contribution in [0.15, 0.2) is 0 Å². The molecule has 0 amide bonds. The van der Waals surface area contributed by atoms with Crippen molar-refractivity contribution in [3.05, 3.63) is 0 Å². The van der Waals surface area contributed by atoms with Crippen molar-refractivity contribution in [1.29, 1.82) is 0 Å². The van der Waals surface area contributed by atoms with Crippen LogP contribution in [0.4, 0.5) is 0 Å². The fourth-order valence-corrected chi connectivity index (χ4v) is 2.82. The average molecular weight is 216 g/mol. The van der Waals surface area contributed by atoms with Crippen LogP contribution in [-0.2, 0) is 0 Å². The molecule has 0 aromatic carbocycles. The molecule has 1 saturated heterocycles. The second kappa shape index (κ2) is 7.55. The monoisotopic (exact) mass is 216 g/mol. The van der Waals surface area contributed by atoms with Gasteiger partial charge in [-0.3, -0.25) is 0 Å². The molecule has 1 aliphatic heterocycles. The Hall–Kier alpha value is 0.270. The molecule has 2 nitrogen and oxygen atoms in total. The number of nitrogens with zero attached hydrogens (tertiary/aromatic N) is 1. The van der Waals surface area contributed by atoms with Gasteiger partial charge in [-0.25, -0.2) is 0 Å². The third-order valence-electron chi connectivity index (χ3n) is 2.85. The van der Waals surface area contributed by atoms with Gasteiger partial charge in [0.25, 0.3) is 0 Å². The maximum absolute atomic E-state index is 3.29. The Labute approximate surface area is 92.8 Å². The summed E-state index contributed by atoms with van der Waals surface area (Å²) in [6, 6.07) is 0. The molecular formula is C11H24N2S. The molecule has 1 fully saturated rings. The molecule has 14 heavy (non-hydrogen) atoms. The van der Waals surface area contributed by atoms with Crippen LogP contribution in [0, 0.1) is 5.92 Å². The Bertz CT molecular complexity index is 139. The van der Waals surface area contributed by atoms with Crippen molar-refractivity contribution >= 4 is 11.8 Å². The van der Waals surface area contributed by atoms with Crippen molar-refractivity contribution in [2.24, 2.45) is 5.92 Å². The van der Waals surface area contributed by atoms with E-state index in [1.807, 2.05) is 0 Å². The van der Waals surface area contributed by atoms with Gasteiger partial charge in [0.15, 0.2) is 0 Å². The van der Waals surface area contributed by atoms with Crippen LogP contribution in [0.1, 0.15) is 19.8 Å². The van der Waals surface area contributed by atoms with E-state index in [2.05, 4.69) is 35.9 Å². The summed E-state index contributed by atoms with van der Waals surface area (Å²) in [6.07, 6.45) is 2.81. The van der Waals surface area contributed by atoms with Gasteiger partial charge >= 0.3 is 0 Å². The summed E-state index contributed by atoms with van der Waals surface area (Å²) in [7, 11) is 2.06. The summed E-state index contributed by atoms with van der Waals surface area (Å²) in [5, 5.41) is 3.29. The number of piperidine rings is 1. The lowest BCUT2D eigenvalue weighted by Crippen LogP contribution is -2.40. The molecule has 1 unspecified atom stereocenters. The van der Waals surface area contributed by atoms with Gasteiger partial charge in [0, 0.05) is 18.8 Å². The summed E-state index contributed by atoms with van der Waals surface area (Å²) in [5.41, 5.74) is 0. The van der Waals surface area contributed by atoms with Gasteiger partial charge in [0.2, 0.25) is 0 Å². The summed E-state index contributed by atoms with van der Waals surface area (Å²) >= 11 is 2.06. The summed E-state index contributed by atoms with van der Waals surface area (Å²) in [6.45, 7) is 7.36. The zero-order chi connectivity index (χ0) is 10.2. The summed E-state index contributed by atoms with van der Waals surface area (Å²) < 4.78 is 0. The molecule has 1 N–H and O–H groups in total. The first-order chi connectivity index (χ1) is 6.86. The van der Waals surface area contributed by atoms with Gasteiger partial charge in [0.05, 0.1) is 0 Å². The third kappa shape index (κ3) is 4.67. The Morgan fingerprint density at radius 3 is 3.07 bits per heavy atom. The van der Waals surface area contributed by atoms with Crippen LogP contribution in [0.2, 0.25) is 0 Å². The van der Waals surface area contributed by atoms with E-state index in [-0.39, 0.29) is 0 Å². The van der Waals surface area contributed by atoms with Gasteiger partial charge in [-0.15, -0.1) is 0 Å². The van der Waals surface area contributed by atoms with E-state index in [4.69, 9.17) is 0 Å². The molecular weight excluding hydrogens is 192 g/mol. The normalized spacial score (nSPS) is 24.0. The molecule has 0 aromatic rings. The van der Waals surface area contributed by atoms with Crippen molar-refractivity contribution in [2.45, 2.75) is 19.8 Å². The van der Waals surface area contributed by atoms with Crippen LogP contribution in [-0.4, -0.2) is 49.6 Å². The lowest BCUT2D eigenvalue weighted by Gasteiger charge is -2.32. The minimum absolute atomic E-state index is 0.889. The summed E-state index contributed by atoms with van der Waals surface area (Å²) in [4.78, 5) is 2.63. The summed E-state index contributed by atoms with van der Waals surface area (Å²) in [5.74, 6) is 3.46. The number of thioether (sulfide) groups is 1. The fourth-order valence-electron chi connectivity index (χ4n) is 2.15. The number of likely N-dealkylation sites (tertiary alicyclic amines) is 1. The van der Waals surface area contributed by atoms with Gasteiger partial charge in [-0.2, -0.15) is 11.8 Å². The minimum atomic E-state index is 0.889. The van der Waals surface area contributed by atoms with E-state index in [0.717, 1.165) is 5.92 Å². The van der Waals surface area contributed by atoms with Gasteiger partial charge < -0.3 is 10.2 Å². The second-order valence-corrected chi connectivity index (χ2v) is 5.46. The van der Waals surface area contributed by atoms with Gasteiger partial charge in [0.1, 0.15) is 0 Å². The zero-order valence-corrected chi connectivity index (χ0v) is 10.4. The molecule has 1 rings (SSSR count). The number of hydrogen-bond donors (Lipinski definition) is 1. The number of nitrogens with one attached hydrogen (secondary N) is 1. The minimum Gasteiger partial charge on any atom is -0.319 e. The molecule has 0 saturated carbocycles. The largest absolute Gasteiger partial charge is 0.319 e. The first kappa shape index (κ1) is 12.3. The lowest BCUT2D eigenvalue weighted by molar-refractivity contribution is 0.183. The predicted molar refractivity (Wildman–Crippen MR) is 66.1 cm³/mol. The van der Waals surface area contributed by atoms with Crippen molar-refractivity contribution < 1.29 is 0 Å². The second-order valence-electron chi connectivity index (χ2n) is 4.06. The Kier molecular flexibility index (Phi) is 6.65. The highest BCUT2D eigenvalue weighted by atomic mass is 32.2. The maximum atomic E-state index is 3.29. The lowest BCUT2D eigenvalue weighted by atomic mass is 9.98. The smallest absolute Gasteiger partial charge is 0.00725 e. The molecule has 0 bridgehead atoms. The predicted octanol–water partition coefficient (Wildman–Crippen LogP) is 1.67. The number of hydrogen-bond acceptors (Lipinski definition) is 3. The molecule has 84 valence electrons. The Morgan fingerprint density at radius 2 is 2.36 bits per heavy atom. The first-order valence-electron chi connectivity index (χ1n) is 5.81. The first-order valence-corrected chi connectivity index (χ1v) is 6.97. The molecule has 1 atom stereocenters. The maximum Gasteiger partial charge on any atom is 0.00725 e. The van der Waals surface area contributed by atoms with E-state index >= 15 is 0 Å². The molecule has 0 aromatic heterocycles. The highest BCUT2D eigenvalue weighted by Crippen LogP contribution is 2.15. The van der Waals surface area contributed by atoms with Gasteiger partial charge in [-0.05, 0) is 44.6 Å². The topological polar surface area (TPSA) is 15.3 Å². The molecule has 3 heteroatoms. The van der Waals surface area contributed by atoms with E-state index in [1.165, 1.54) is 50.5 Å². The van der Waals surface area contributed by atoms with Crippen LogP contribution in [0.25, 0.3) is 0 Å². The zero-order valence-electron chi connectivity index (χ0n) is 9.59. The van der Waals surface area contributed by atoms with E-state index in [0.29, 0.717) is 0 Å². The van der Waals surface area contributed by atoms with Crippen molar-refractivity contribution in [1.82, 2.24) is 10.2 Å². The average Bonchev–Trinajstić information content (AvgIpc) is 2.19. The van der Waals surface area contributed by atoms with Crippen LogP contribution >= 0.6 is 11.8 Å². The molecule has 1 aliphatic rings. The van der Waals surface area contributed by atoms with Gasteiger partial charge in [-0.1, -0.05) is 6.92 Å². The quantitative estimate of drug-likeness (QED) is 0.680. The standard InChI is InChI=1S/C11H24N2S/c1-3-14-8-7-13-6-4-5-11(10-13)9-12-2/h11-12H,3-10H2,1-2H3. The van der Waals surface area contributed by atoms with Crippen LogP contribution < -0.4 is 5.32 Å². The van der Waals surface area contributed by atoms with Crippen LogP contribution in [0.5, 0.6) is 0 Å². The van der Waals surface area contributed by atoms with Crippen LogP contribution in [0.3, 0.4) is 0 Å². The van der Waals surface area contributed by atoms with Crippen molar-refractivity contribution in [3.8, 4) is 0 Å². The van der Waals surface area contributed by atoms with E-state index < -0.39 is 0 Å². The third-order valence-corrected chi connectivity index (χ3v) is 3.73. The van der Waals surface area contributed by atoms with E-state index in [9.17, 15) is 0 Å².